The Morgan fingerprint density at radius 2 is 1.73 bits per heavy atom. The fourth-order valence-electron chi connectivity index (χ4n) is 6.82. The third-order valence-electron chi connectivity index (χ3n) is 9.19. The van der Waals surface area contributed by atoms with Crippen molar-refractivity contribution in [3.05, 3.63) is 83.9 Å². The highest BCUT2D eigenvalue weighted by molar-refractivity contribution is 6.01. The molecule has 3 fully saturated rings. The fourth-order valence-corrected chi connectivity index (χ4v) is 6.82. The minimum absolute atomic E-state index is 0.0235. The van der Waals surface area contributed by atoms with E-state index in [0.29, 0.717) is 23.6 Å². The third-order valence-corrected chi connectivity index (χ3v) is 9.19. The Hall–Kier alpha value is -4.13. The summed E-state index contributed by atoms with van der Waals surface area (Å²) in [6, 6.07) is 24.7. The number of ether oxygens (including phenoxy) is 1. The number of rotatable bonds is 8. The van der Waals surface area contributed by atoms with E-state index < -0.39 is 0 Å². The van der Waals surface area contributed by atoms with E-state index in [9.17, 15) is 9.59 Å². The first kappa shape index (κ1) is 24.9. The van der Waals surface area contributed by atoms with Gasteiger partial charge in [0.1, 0.15) is 11.9 Å². The molecular formula is C33H34N4O3. The predicted octanol–water partition coefficient (Wildman–Crippen LogP) is 6.03. The van der Waals surface area contributed by atoms with E-state index in [2.05, 4.69) is 27.6 Å². The molecule has 1 aliphatic carbocycles. The number of hydrogen-bond donors (Lipinski definition) is 2. The number of fused-ring (bicyclic) bond motifs is 3. The molecule has 1 saturated carbocycles. The van der Waals surface area contributed by atoms with Crippen LogP contribution in [0.25, 0.3) is 22.2 Å². The van der Waals surface area contributed by atoms with E-state index in [-0.39, 0.29) is 18.1 Å². The second kappa shape index (κ2) is 10.5. The van der Waals surface area contributed by atoms with Crippen LogP contribution in [0.1, 0.15) is 66.9 Å². The lowest BCUT2D eigenvalue weighted by atomic mass is 9.77. The topological polar surface area (TPSA) is 87.3 Å². The molecule has 2 aliphatic heterocycles. The Labute approximate surface area is 233 Å². The first-order valence-electron chi connectivity index (χ1n) is 14.5. The normalized spacial score (nSPS) is 23.0. The van der Waals surface area contributed by atoms with E-state index in [4.69, 9.17) is 4.74 Å². The lowest BCUT2D eigenvalue weighted by Crippen LogP contribution is -2.45. The molecule has 3 heterocycles. The highest BCUT2D eigenvalue weighted by atomic mass is 16.5. The van der Waals surface area contributed by atoms with Gasteiger partial charge in [-0.25, -0.2) is 0 Å². The number of nitrogens with zero attached hydrogens (tertiary/aromatic N) is 2. The summed E-state index contributed by atoms with van der Waals surface area (Å²) in [5.74, 6) is 1.25. The minimum atomic E-state index is -0.0619. The predicted molar refractivity (Wildman–Crippen MR) is 154 cm³/mol. The molecule has 0 spiro atoms. The smallest absolute Gasteiger partial charge is 0.251 e. The third kappa shape index (κ3) is 4.63. The summed E-state index contributed by atoms with van der Waals surface area (Å²) in [5, 5.41) is 11.9. The van der Waals surface area contributed by atoms with Crippen molar-refractivity contribution in [3.63, 3.8) is 0 Å². The summed E-state index contributed by atoms with van der Waals surface area (Å²) in [6.07, 6.45) is 8.56. The summed E-state index contributed by atoms with van der Waals surface area (Å²) >= 11 is 0. The average Bonchev–Trinajstić information content (AvgIpc) is 3.49. The average molecular weight is 535 g/mol. The Bertz CT molecular complexity index is 1500. The van der Waals surface area contributed by atoms with Crippen LogP contribution in [0.5, 0.6) is 5.75 Å². The second-order valence-electron chi connectivity index (χ2n) is 11.6. The molecule has 7 heteroatoms. The van der Waals surface area contributed by atoms with Gasteiger partial charge in [0.05, 0.1) is 17.3 Å². The number of carbonyl (C=O) groups is 2. The van der Waals surface area contributed by atoms with Gasteiger partial charge in [-0.1, -0.05) is 36.8 Å². The molecule has 2 saturated heterocycles. The molecule has 3 aromatic carbocycles. The maximum atomic E-state index is 13.4. The molecule has 2 N–H and O–H groups in total. The Morgan fingerprint density at radius 1 is 0.975 bits per heavy atom. The van der Waals surface area contributed by atoms with Crippen LogP contribution in [0.15, 0.2) is 72.8 Å². The van der Waals surface area contributed by atoms with Crippen LogP contribution in [0.4, 0.5) is 0 Å². The van der Waals surface area contributed by atoms with Gasteiger partial charge >= 0.3 is 0 Å². The maximum absolute atomic E-state index is 13.4. The number of benzene rings is 3. The molecule has 7 nitrogen and oxygen atoms in total. The van der Waals surface area contributed by atoms with Crippen LogP contribution in [-0.2, 0) is 4.79 Å². The van der Waals surface area contributed by atoms with Crippen molar-refractivity contribution in [3.8, 4) is 17.0 Å². The largest absolute Gasteiger partial charge is 0.490 e. The molecule has 1 aromatic heterocycles. The number of aromatic nitrogens is 2. The van der Waals surface area contributed by atoms with Crippen molar-refractivity contribution in [2.75, 3.05) is 0 Å². The summed E-state index contributed by atoms with van der Waals surface area (Å²) in [6.45, 7) is 0. The Kier molecular flexibility index (Phi) is 6.50. The van der Waals surface area contributed by atoms with Crippen molar-refractivity contribution in [1.29, 1.82) is 0 Å². The molecule has 2 amide bonds. The number of carbonyl (C=O) groups excluding carboxylic acids is 2. The first-order valence-corrected chi connectivity index (χ1v) is 14.5. The number of H-pyrrole nitrogens is 1. The van der Waals surface area contributed by atoms with Gasteiger partial charge in [0.2, 0.25) is 6.41 Å². The van der Waals surface area contributed by atoms with Gasteiger partial charge in [-0.3, -0.25) is 14.7 Å². The Morgan fingerprint density at radius 3 is 2.40 bits per heavy atom. The van der Waals surface area contributed by atoms with Crippen LogP contribution in [0.2, 0.25) is 0 Å². The minimum Gasteiger partial charge on any atom is -0.490 e. The summed E-state index contributed by atoms with van der Waals surface area (Å²) in [5.41, 5.74) is 4.46. The number of hydrogen-bond acceptors (Lipinski definition) is 4. The highest BCUT2D eigenvalue weighted by Gasteiger charge is 2.40. The van der Waals surface area contributed by atoms with Crippen molar-refractivity contribution in [2.45, 2.75) is 69.2 Å². The molecule has 3 aliphatic rings. The SMILES string of the molecule is O=CN1[C@@H]2CC[C@H]1C[C@@H](Oc1ccc(-c3n[nH]c4ccc(C(=O)NC(c5ccccc5)C5CCC5)cc34)cc1)C2. The van der Waals surface area contributed by atoms with E-state index in [1.165, 1.54) is 6.42 Å². The molecular weight excluding hydrogens is 500 g/mol. The maximum Gasteiger partial charge on any atom is 0.251 e. The van der Waals surface area contributed by atoms with Crippen molar-refractivity contribution < 1.29 is 14.3 Å². The van der Waals surface area contributed by atoms with Crippen molar-refractivity contribution in [1.82, 2.24) is 20.4 Å². The van der Waals surface area contributed by atoms with Crippen LogP contribution in [-0.4, -0.2) is 45.6 Å². The van der Waals surface area contributed by atoms with Gasteiger partial charge in [0.25, 0.3) is 5.91 Å². The van der Waals surface area contributed by atoms with Gasteiger partial charge < -0.3 is 15.0 Å². The van der Waals surface area contributed by atoms with E-state index in [1.807, 2.05) is 65.6 Å². The van der Waals surface area contributed by atoms with Gasteiger partial charge in [0, 0.05) is 41.4 Å². The van der Waals surface area contributed by atoms with Gasteiger partial charge in [-0.15, -0.1) is 0 Å². The molecule has 1 unspecified atom stereocenters. The monoisotopic (exact) mass is 534 g/mol. The van der Waals surface area contributed by atoms with E-state index in [1.54, 1.807) is 0 Å². The molecule has 204 valence electrons. The molecule has 4 aromatic rings. The van der Waals surface area contributed by atoms with Crippen LogP contribution >= 0.6 is 0 Å². The van der Waals surface area contributed by atoms with Gasteiger partial charge in [-0.2, -0.15) is 5.10 Å². The number of amides is 2. The quantitative estimate of drug-likeness (QED) is 0.270. The molecule has 7 rings (SSSR count). The van der Waals surface area contributed by atoms with Crippen LogP contribution < -0.4 is 10.1 Å². The Balaban J connectivity index is 1.08. The van der Waals surface area contributed by atoms with E-state index in [0.717, 1.165) is 78.4 Å². The standard InChI is InChI=1S/C33H34N4O3/c38-20-37-25-12-13-26(37)19-28(18-25)40-27-14-9-23(10-15-27)32-29-17-24(11-16-30(29)35-36-32)33(39)34-31(22-7-4-8-22)21-5-2-1-3-6-21/h1-3,5-6,9-11,14-17,20,22,25-26,28,31H,4,7-8,12-13,18-19H2,(H,34,39)(H,35,36)/t25-,26+,28+,31?. The van der Waals surface area contributed by atoms with Gasteiger partial charge in [-0.05, 0) is 79.6 Å². The first-order chi connectivity index (χ1) is 19.7. The van der Waals surface area contributed by atoms with Crippen LogP contribution in [0.3, 0.4) is 0 Å². The zero-order valence-electron chi connectivity index (χ0n) is 22.5. The van der Waals surface area contributed by atoms with Crippen molar-refractivity contribution in [2.24, 2.45) is 5.92 Å². The zero-order valence-corrected chi connectivity index (χ0v) is 22.5. The number of nitrogens with one attached hydrogen (secondary N) is 2. The highest BCUT2D eigenvalue weighted by Crippen LogP contribution is 2.39. The number of aromatic amines is 1. The molecule has 0 radical (unpaired) electrons. The van der Waals surface area contributed by atoms with Gasteiger partial charge in [0.15, 0.2) is 0 Å². The molecule has 2 bridgehead atoms. The summed E-state index contributed by atoms with van der Waals surface area (Å²) < 4.78 is 6.32. The fraction of sp³-hybridized carbons (Fsp3) is 0.364. The van der Waals surface area contributed by atoms with Crippen LogP contribution in [0, 0.1) is 5.92 Å². The summed E-state index contributed by atoms with van der Waals surface area (Å²) in [7, 11) is 0. The van der Waals surface area contributed by atoms with E-state index >= 15 is 0 Å². The zero-order chi connectivity index (χ0) is 27.1. The molecule has 4 atom stereocenters. The van der Waals surface area contributed by atoms with Crippen molar-refractivity contribution >= 4 is 23.2 Å². The molecule has 40 heavy (non-hydrogen) atoms. The second-order valence-corrected chi connectivity index (χ2v) is 11.6. The number of piperidine rings is 1. The lowest BCUT2D eigenvalue weighted by molar-refractivity contribution is -0.123. The lowest BCUT2D eigenvalue weighted by Gasteiger charge is -2.36. The summed E-state index contributed by atoms with van der Waals surface area (Å²) in [4.78, 5) is 26.8.